The minimum Gasteiger partial charge on any atom is -0.327 e. The van der Waals surface area contributed by atoms with E-state index in [-0.39, 0.29) is 17.2 Å². The summed E-state index contributed by atoms with van der Waals surface area (Å²) in [6.45, 7) is 5.01. The highest BCUT2D eigenvalue weighted by molar-refractivity contribution is 6.31. The molecule has 1 amide bonds. The second kappa shape index (κ2) is 10.1. The fourth-order valence-electron chi connectivity index (χ4n) is 3.65. The van der Waals surface area contributed by atoms with Gasteiger partial charge in [0.25, 0.3) is 17.2 Å². The number of nitrogens with zero attached hydrogens (tertiary/aromatic N) is 5. The molecule has 1 heterocycles. The molecule has 174 valence electrons. The third-order valence-electron chi connectivity index (χ3n) is 5.48. The fourth-order valence-corrected chi connectivity index (χ4v) is 3.81. The molecule has 3 rings (SSSR count). The molecule has 0 bridgehead atoms. The molecule has 33 heavy (non-hydrogen) atoms. The van der Waals surface area contributed by atoms with Crippen molar-refractivity contribution in [2.75, 3.05) is 27.2 Å². The Morgan fingerprint density at radius 1 is 1.18 bits per heavy atom. The van der Waals surface area contributed by atoms with E-state index in [9.17, 15) is 19.7 Å². The average Bonchev–Trinajstić information content (AvgIpc) is 2.78. The molecule has 2 aromatic carbocycles. The van der Waals surface area contributed by atoms with E-state index in [2.05, 4.69) is 0 Å². The molecule has 0 spiro atoms. The molecule has 1 unspecified atom stereocenters. The minimum absolute atomic E-state index is 0.0904. The monoisotopic (exact) mass is 471 g/mol. The Bertz CT molecular complexity index is 1240. The molecular formula is C23H26ClN5O4. The average molecular weight is 472 g/mol. The van der Waals surface area contributed by atoms with Gasteiger partial charge in [0.15, 0.2) is 0 Å². The lowest BCUT2D eigenvalue weighted by Gasteiger charge is -2.31. The maximum atomic E-state index is 13.5. The van der Waals surface area contributed by atoms with E-state index in [0.717, 1.165) is 0 Å². The molecule has 0 N–H and O–H groups in total. The Balaban J connectivity index is 2.08. The van der Waals surface area contributed by atoms with E-state index in [1.54, 1.807) is 27.7 Å². The second-order valence-corrected chi connectivity index (χ2v) is 8.40. The number of nitro groups is 1. The van der Waals surface area contributed by atoms with Crippen LogP contribution in [0, 0.1) is 10.1 Å². The number of rotatable bonds is 8. The topological polar surface area (TPSA) is 102 Å². The normalized spacial score (nSPS) is 12.2. The summed E-state index contributed by atoms with van der Waals surface area (Å²) in [6.07, 6.45) is 0. The van der Waals surface area contributed by atoms with Crippen LogP contribution in [0.4, 0.5) is 5.69 Å². The van der Waals surface area contributed by atoms with E-state index in [1.165, 1.54) is 24.3 Å². The van der Waals surface area contributed by atoms with Crippen molar-refractivity contribution in [1.29, 1.82) is 0 Å². The van der Waals surface area contributed by atoms with Gasteiger partial charge in [0.2, 0.25) is 0 Å². The number of non-ortho nitro benzene ring substituents is 1. The number of amides is 1. The first kappa shape index (κ1) is 24.3. The zero-order chi connectivity index (χ0) is 24.3. The van der Waals surface area contributed by atoms with Gasteiger partial charge in [-0.15, -0.1) is 0 Å². The molecule has 0 fully saturated rings. The highest BCUT2D eigenvalue weighted by atomic mass is 35.5. The van der Waals surface area contributed by atoms with E-state index in [4.69, 9.17) is 16.6 Å². The predicted octanol–water partition coefficient (Wildman–Crippen LogP) is 3.74. The first-order chi connectivity index (χ1) is 15.6. The van der Waals surface area contributed by atoms with E-state index in [1.807, 2.05) is 32.8 Å². The van der Waals surface area contributed by atoms with Crippen LogP contribution in [0.2, 0.25) is 5.02 Å². The number of halogens is 1. The number of nitro benzene ring substituents is 1. The van der Waals surface area contributed by atoms with Crippen LogP contribution in [0.25, 0.3) is 10.9 Å². The number of hydrogen-bond acceptors (Lipinski definition) is 6. The standard InChI is InChI=1S/C23H26ClN5O4/c1-5-27-21(25-20-14-17(24)8-11-19(20)23(27)31)15(2)28(13-12-26(3)4)22(30)16-6-9-18(10-7-16)29(32)33/h6-11,14-15H,5,12-13H2,1-4H3. The van der Waals surface area contributed by atoms with Crippen molar-refractivity contribution in [3.05, 3.63) is 79.3 Å². The first-order valence-electron chi connectivity index (χ1n) is 10.5. The summed E-state index contributed by atoms with van der Waals surface area (Å²) in [5.74, 6) is 0.147. The molecular weight excluding hydrogens is 446 g/mol. The van der Waals surface area contributed by atoms with Gasteiger partial charge in [-0.2, -0.15) is 0 Å². The van der Waals surface area contributed by atoms with Crippen LogP contribution >= 0.6 is 11.6 Å². The molecule has 0 aliphatic carbocycles. The lowest BCUT2D eigenvalue weighted by Crippen LogP contribution is -2.41. The molecule has 0 saturated heterocycles. The third kappa shape index (κ3) is 5.20. The van der Waals surface area contributed by atoms with Crippen LogP contribution in [0.3, 0.4) is 0 Å². The summed E-state index contributed by atoms with van der Waals surface area (Å²) < 4.78 is 1.56. The van der Waals surface area contributed by atoms with Gasteiger partial charge >= 0.3 is 0 Å². The molecule has 1 aromatic heterocycles. The van der Waals surface area contributed by atoms with Gasteiger partial charge < -0.3 is 9.80 Å². The van der Waals surface area contributed by atoms with Crippen molar-refractivity contribution in [3.63, 3.8) is 0 Å². The Morgan fingerprint density at radius 2 is 1.85 bits per heavy atom. The van der Waals surface area contributed by atoms with Gasteiger partial charge in [-0.05, 0) is 58.3 Å². The summed E-state index contributed by atoms with van der Waals surface area (Å²) in [5.41, 5.74) is 0.499. The van der Waals surface area contributed by atoms with Gasteiger partial charge in [-0.25, -0.2) is 4.98 Å². The van der Waals surface area contributed by atoms with Gasteiger partial charge in [-0.3, -0.25) is 24.3 Å². The molecule has 0 radical (unpaired) electrons. The first-order valence-corrected chi connectivity index (χ1v) is 10.9. The van der Waals surface area contributed by atoms with Crippen LogP contribution in [0.15, 0.2) is 47.3 Å². The SMILES string of the molecule is CCn1c(C(C)N(CCN(C)C)C(=O)c2ccc([N+](=O)[O-])cc2)nc2cc(Cl)ccc2c1=O. The second-order valence-electron chi connectivity index (χ2n) is 7.96. The molecule has 0 saturated carbocycles. The number of fused-ring (bicyclic) bond motifs is 1. The summed E-state index contributed by atoms with van der Waals surface area (Å²) in [6, 6.07) is 9.89. The number of carbonyl (C=O) groups is 1. The maximum Gasteiger partial charge on any atom is 0.269 e. The van der Waals surface area contributed by atoms with Crippen LogP contribution < -0.4 is 5.56 Å². The molecule has 1 atom stereocenters. The van der Waals surface area contributed by atoms with Crippen molar-refractivity contribution in [2.24, 2.45) is 0 Å². The third-order valence-corrected chi connectivity index (χ3v) is 5.71. The zero-order valence-electron chi connectivity index (χ0n) is 19.0. The molecule has 10 heteroatoms. The van der Waals surface area contributed by atoms with Crippen molar-refractivity contribution in [3.8, 4) is 0 Å². The fraction of sp³-hybridized carbons (Fsp3) is 0.348. The van der Waals surface area contributed by atoms with Gasteiger partial charge in [0, 0.05) is 42.4 Å². The Morgan fingerprint density at radius 3 is 2.42 bits per heavy atom. The molecule has 0 aliphatic heterocycles. The Kier molecular flexibility index (Phi) is 7.45. The summed E-state index contributed by atoms with van der Waals surface area (Å²) in [5, 5.41) is 11.9. The lowest BCUT2D eigenvalue weighted by atomic mass is 10.1. The van der Waals surface area contributed by atoms with Gasteiger partial charge in [0.05, 0.1) is 21.9 Å². The maximum absolute atomic E-state index is 13.5. The van der Waals surface area contributed by atoms with E-state index >= 15 is 0 Å². The van der Waals surface area contributed by atoms with Crippen molar-refractivity contribution in [2.45, 2.75) is 26.4 Å². The van der Waals surface area contributed by atoms with E-state index in [0.29, 0.717) is 46.9 Å². The Labute approximate surface area is 196 Å². The predicted molar refractivity (Wildman–Crippen MR) is 128 cm³/mol. The zero-order valence-corrected chi connectivity index (χ0v) is 19.7. The van der Waals surface area contributed by atoms with Crippen LogP contribution in [-0.4, -0.2) is 57.4 Å². The van der Waals surface area contributed by atoms with Crippen LogP contribution in [0.1, 0.15) is 36.1 Å². The van der Waals surface area contributed by atoms with Crippen LogP contribution in [0.5, 0.6) is 0 Å². The Hall–Kier alpha value is -3.30. The molecule has 3 aromatic rings. The summed E-state index contributed by atoms with van der Waals surface area (Å²) >= 11 is 6.12. The van der Waals surface area contributed by atoms with E-state index < -0.39 is 11.0 Å². The van der Waals surface area contributed by atoms with Crippen LogP contribution in [-0.2, 0) is 6.54 Å². The number of hydrogen-bond donors (Lipinski definition) is 0. The number of carbonyl (C=O) groups excluding carboxylic acids is 1. The number of aromatic nitrogens is 2. The smallest absolute Gasteiger partial charge is 0.269 e. The quantitative estimate of drug-likeness (QED) is 0.366. The van der Waals surface area contributed by atoms with Crippen molar-refractivity contribution >= 4 is 34.1 Å². The van der Waals surface area contributed by atoms with Gasteiger partial charge in [0.1, 0.15) is 5.82 Å². The molecule has 9 nitrogen and oxygen atoms in total. The van der Waals surface area contributed by atoms with Crippen molar-refractivity contribution in [1.82, 2.24) is 19.4 Å². The largest absolute Gasteiger partial charge is 0.327 e. The van der Waals surface area contributed by atoms with Crippen molar-refractivity contribution < 1.29 is 9.72 Å². The van der Waals surface area contributed by atoms with Gasteiger partial charge in [-0.1, -0.05) is 11.6 Å². The molecule has 0 aliphatic rings. The number of benzene rings is 2. The summed E-state index contributed by atoms with van der Waals surface area (Å²) in [7, 11) is 3.80. The highest BCUT2D eigenvalue weighted by Crippen LogP contribution is 2.24. The summed E-state index contributed by atoms with van der Waals surface area (Å²) in [4.78, 5) is 45.3. The minimum atomic E-state index is -0.538. The number of likely N-dealkylation sites (N-methyl/N-ethyl adjacent to an activating group) is 1. The highest BCUT2D eigenvalue weighted by Gasteiger charge is 2.27. The lowest BCUT2D eigenvalue weighted by molar-refractivity contribution is -0.384.